The SMILES string of the molecule is O=C1C=CC(=O)N1CC1CCSCC1. The zero-order valence-corrected chi connectivity index (χ0v) is 8.76. The molecular formula is C10H13NO2S. The summed E-state index contributed by atoms with van der Waals surface area (Å²) in [5.74, 6) is 2.55. The first-order valence-electron chi connectivity index (χ1n) is 4.88. The van der Waals surface area contributed by atoms with Crippen molar-refractivity contribution in [3.63, 3.8) is 0 Å². The highest BCUT2D eigenvalue weighted by molar-refractivity contribution is 7.99. The Morgan fingerprint density at radius 2 is 1.79 bits per heavy atom. The van der Waals surface area contributed by atoms with E-state index >= 15 is 0 Å². The van der Waals surface area contributed by atoms with Crippen molar-refractivity contribution < 1.29 is 9.59 Å². The number of carbonyl (C=O) groups is 2. The lowest BCUT2D eigenvalue weighted by molar-refractivity contribution is -0.137. The summed E-state index contributed by atoms with van der Waals surface area (Å²) < 4.78 is 0. The van der Waals surface area contributed by atoms with Crippen LogP contribution >= 0.6 is 11.8 Å². The van der Waals surface area contributed by atoms with Gasteiger partial charge in [-0.3, -0.25) is 14.5 Å². The third-order valence-electron chi connectivity index (χ3n) is 2.68. The van der Waals surface area contributed by atoms with Crippen LogP contribution in [0.15, 0.2) is 12.2 Å². The van der Waals surface area contributed by atoms with E-state index in [1.54, 1.807) is 0 Å². The zero-order chi connectivity index (χ0) is 9.97. The van der Waals surface area contributed by atoms with Gasteiger partial charge in [0.05, 0.1) is 0 Å². The number of hydrogen-bond donors (Lipinski definition) is 0. The average Bonchev–Trinajstić information content (AvgIpc) is 2.51. The molecule has 2 aliphatic rings. The molecule has 1 fully saturated rings. The molecule has 0 atom stereocenters. The lowest BCUT2D eigenvalue weighted by atomic mass is 10.0. The van der Waals surface area contributed by atoms with Crippen molar-refractivity contribution in [2.75, 3.05) is 18.1 Å². The summed E-state index contributed by atoms with van der Waals surface area (Å²) in [4.78, 5) is 23.9. The predicted octanol–water partition coefficient (Wildman–Crippen LogP) is 1.05. The highest BCUT2D eigenvalue weighted by Crippen LogP contribution is 2.24. The van der Waals surface area contributed by atoms with Crippen LogP contribution in [0.25, 0.3) is 0 Å². The fraction of sp³-hybridized carbons (Fsp3) is 0.600. The molecule has 0 bridgehead atoms. The van der Waals surface area contributed by atoms with Crippen LogP contribution in [0.1, 0.15) is 12.8 Å². The highest BCUT2D eigenvalue weighted by atomic mass is 32.2. The number of rotatable bonds is 2. The van der Waals surface area contributed by atoms with Gasteiger partial charge in [-0.15, -0.1) is 0 Å². The van der Waals surface area contributed by atoms with Gasteiger partial charge in [-0.25, -0.2) is 0 Å². The number of carbonyl (C=O) groups excluding carboxylic acids is 2. The zero-order valence-electron chi connectivity index (χ0n) is 7.94. The van der Waals surface area contributed by atoms with Gasteiger partial charge >= 0.3 is 0 Å². The van der Waals surface area contributed by atoms with Gasteiger partial charge in [0.1, 0.15) is 0 Å². The Bertz CT molecular complexity index is 264. The summed E-state index contributed by atoms with van der Waals surface area (Å²) >= 11 is 1.95. The molecule has 1 saturated heterocycles. The van der Waals surface area contributed by atoms with E-state index in [9.17, 15) is 9.59 Å². The van der Waals surface area contributed by atoms with Gasteiger partial charge in [0.15, 0.2) is 0 Å². The molecule has 0 aliphatic carbocycles. The number of hydrogen-bond acceptors (Lipinski definition) is 3. The highest BCUT2D eigenvalue weighted by Gasteiger charge is 2.26. The molecule has 3 nitrogen and oxygen atoms in total. The van der Waals surface area contributed by atoms with Crippen molar-refractivity contribution in [3.8, 4) is 0 Å². The largest absolute Gasteiger partial charge is 0.275 e. The molecule has 2 heterocycles. The fourth-order valence-corrected chi connectivity index (χ4v) is 3.00. The molecule has 0 spiro atoms. The first-order chi connectivity index (χ1) is 6.77. The molecule has 0 aromatic rings. The normalized spacial score (nSPS) is 23.6. The molecule has 0 N–H and O–H groups in total. The van der Waals surface area contributed by atoms with Crippen LogP contribution in [0.4, 0.5) is 0 Å². The van der Waals surface area contributed by atoms with Gasteiger partial charge in [0, 0.05) is 18.7 Å². The topological polar surface area (TPSA) is 37.4 Å². The molecule has 0 radical (unpaired) electrons. The number of amides is 2. The maximum Gasteiger partial charge on any atom is 0.253 e. The van der Waals surface area contributed by atoms with Crippen molar-refractivity contribution >= 4 is 23.6 Å². The molecule has 2 rings (SSSR count). The monoisotopic (exact) mass is 211 g/mol. The van der Waals surface area contributed by atoms with E-state index in [1.807, 2.05) is 11.8 Å². The van der Waals surface area contributed by atoms with Crippen molar-refractivity contribution in [1.29, 1.82) is 0 Å². The van der Waals surface area contributed by atoms with E-state index in [4.69, 9.17) is 0 Å². The van der Waals surface area contributed by atoms with E-state index in [-0.39, 0.29) is 11.8 Å². The molecule has 2 amide bonds. The van der Waals surface area contributed by atoms with Gasteiger partial charge in [0.25, 0.3) is 11.8 Å². The van der Waals surface area contributed by atoms with Crippen LogP contribution in [0.3, 0.4) is 0 Å². The maximum absolute atomic E-state index is 11.3. The molecule has 4 heteroatoms. The Morgan fingerprint density at radius 3 is 2.36 bits per heavy atom. The first-order valence-corrected chi connectivity index (χ1v) is 6.04. The van der Waals surface area contributed by atoms with Crippen LogP contribution in [0.5, 0.6) is 0 Å². The molecule has 14 heavy (non-hydrogen) atoms. The van der Waals surface area contributed by atoms with E-state index in [1.165, 1.54) is 17.1 Å². The van der Waals surface area contributed by atoms with Gasteiger partial charge in [-0.05, 0) is 30.3 Å². The molecule has 2 aliphatic heterocycles. The minimum atomic E-state index is -0.145. The Morgan fingerprint density at radius 1 is 1.21 bits per heavy atom. The standard InChI is InChI=1S/C10H13NO2S/c12-9-1-2-10(13)11(9)7-8-3-5-14-6-4-8/h1-2,8H,3-7H2. The number of thioether (sulfide) groups is 1. The van der Waals surface area contributed by atoms with Gasteiger partial charge in [-0.1, -0.05) is 0 Å². The number of nitrogens with zero attached hydrogens (tertiary/aromatic N) is 1. The third kappa shape index (κ3) is 2.00. The minimum absolute atomic E-state index is 0.145. The second-order valence-electron chi connectivity index (χ2n) is 3.68. The summed E-state index contributed by atoms with van der Waals surface area (Å²) in [5.41, 5.74) is 0. The molecule has 0 aromatic carbocycles. The smallest absolute Gasteiger partial charge is 0.253 e. The number of imide groups is 1. The maximum atomic E-state index is 11.3. The Hall–Kier alpha value is -0.770. The Balaban J connectivity index is 1.90. The molecule has 0 saturated carbocycles. The predicted molar refractivity (Wildman–Crippen MR) is 55.9 cm³/mol. The summed E-state index contributed by atoms with van der Waals surface area (Å²) in [5, 5.41) is 0. The van der Waals surface area contributed by atoms with Crippen molar-refractivity contribution in [2.45, 2.75) is 12.8 Å². The van der Waals surface area contributed by atoms with Crippen molar-refractivity contribution in [1.82, 2.24) is 4.90 Å². The van der Waals surface area contributed by atoms with Crippen molar-refractivity contribution in [2.24, 2.45) is 5.92 Å². The van der Waals surface area contributed by atoms with E-state index in [0.29, 0.717) is 12.5 Å². The van der Waals surface area contributed by atoms with Crippen LogP contribution in [-0.2, 0) is 9.59 Å². The fourth-order valence-electron chi connectivity index (χ4n) is 1.80. The van der Waals surface area contributed by atoms with E-state index < -0.39 is 0 Å². The van der Waals surface area contributed by atoms with Gasteiger partial charge < -0.3 is 0 Å². The summed E-state index contributed by atoms with van der Waals surface area (Å²) in [6.07, 6.45) is 4.98. The average molecular weight is 211 g/mol. The Labute approximate surface area is 87.5 Å². The molecular weight excluding hydrogens is 198 g/mol. The minimum Gasteiger partial charge on any atom is -0.275 e. The first kappa shape index (κ1) is 9.77. The lowest BCUT2D eigenvalue weighted by Gasteiger charge is -2.25. The second kappa shape index (κ2) is 4.17. The van der Waals surface area contributed by atoms with E-state index in [0.717, 1.165) is 24.3 Å². The summed E-state index contributed by atoms with van der Waals surface area (Å²) in [7, 11) is 0. The van der Waals surface area contributed by atoms with Crippen LogP contribution in [0.2, 0.25) is 0 Å². The molecule has 76 valence electrons. The van der Waals surface area contributed by atoms with Crippen molar-refractivity contribution in [3.05, 3.63) is 12.2 Å². The lowest BCUT2D eigenvalue weighted by Crippen LogP contribution is -2.35. The second-order valence-corrected chi connectivity index (χ2v) is 4.90. The third-order valence-corrected chi connectivity index (χ3v) is 3.73. The molecule has 0 unspecified atom stereocenters. The molecule has 0 aromatic heterocycles. The van der Waals surface area contributed by atoms with Crippen LogP contribution in [-0.4, -0.2) is 34.8 Å². The quantitative estimate of drug-likeness (QED) is 0.641. The van der Waals surface area contributed by atoms with E-state index in [2.05, 4.69) is 0 Å². The van der Waals surface area contributed by atoms with Crippen LogP contribution in [0, 0.1) is 5.92 Å². The Kier molecular flexibility index (Phi) is 2.91. The summed E-state index contributed by atoms with van der Waals surface area (Å²) in [6, 6.07) is 0. The summed E-state index contributed by atoms with van der Waals surface area (Å²) in [6.45, 7) is 0.616. The van der Waals surface area contributed by atoms with Crippen LogP contribution < -0.4 is 0 Å². The van der Waals surface area contributed by atoms with Gasteiger partial charge in [-0.2, -0.15) is 11.8 Å². The van der Waals surface area contributed by atoms with Gasteiger partial charge in [0.2, 0.25) is 0 Å².